The van der Waals surface area contributed by atoms with Crippen molar-refractivity contribution in [1.29, 1.82) is 0 Å². The molecule has 7 nitrogen and oxygen atoms in total. The minimum Gasteiger partial charge on any atom is -0.308 e. The van der Waals surface area contributed by atoms with E-state index in [1.807, 2.05) is 32.8 Å². The zero-order valence-electron chi connectivity index (χ0n) is 22.1. The van der Waals surface area contributed by atoms with Gasteiger partial charge in [-0.05, 0) is 57.3 Å². The van der Waals surface area contributed by atoms with Gasteiger partial charge in [-0.3, -0.25) is 9.69 Å². The minimum atomic E-state index is -3.69. The molecule has 0 fully saturated rings. The lowest BCUT2D eigenvalue weighted by Gasteiger charge is -2.23. The van der Waals surface area contributed by atoms with Gasteiger partial charge in [0.1, 0.15) is 11.3 Å². The summed E-state index contributed by atoms with van der Waals surface area (Å²) in [5, 5.41) is 0.244. The first-order chi connectivity index (χ1) is 17.6. The maximum Gasteiger partial charge on any atom is 0.260 e. The number of rotatable bonds is 13. The van der Waals surface area contributed by atoms with E-state index in [9.17, 15) is 22.0 Å². The van der Waals surface area contributed by atoms with Gasteiger partial charge in [-0.1, -0.05) is 38.0 Å². The molecule has 0 aliphatic carbocycles. The Bertz CT molecular complexity index is 1310. The molecule has 0 saturated heterocycles. The predicted octanol–water partition coefficient (Wildman–Crippen LogP) is 5.80. The number of anilines is 1. The molecule has 0 radical (unpaired) electrons. The highest BCUT2D eigenvalue weighted by atomic mass is 35.5. The molecular weight excluding hydrogens is 554 g/mol. The Morgan fingerprint density at radius 2 is 1.55 bits per heavy atom. The summed E-state index contributed by atoms with van der Waals surface area (Å²) in [4.78, 5) is 21.2. The van der Waals surface area contributed by atoms with Crippen LogP contribution in [0.4, 0.5) is 13.9 Å². The number of likely N-dealkylation sites (N-methyl/N-ethyl adjacent to an activating group) is 1. The molecule has 1 heterocycles. The Morgan fingerprint density at radius 3 is 2.11 bits per heavy atom. The molecule has 12 heteroatoms. The molecule has 210 valence electrons. The van der Waals surface area contributed by atoms with E-state index in [0.29, 0.717) is 24.3 Å². The van der Waals surface area contributed by atoms with Crippen molar-refractivity contribution in [3.05, 3.63) is 53.6 Å². The number of sulfonamides is 1. The Labute approximate surface area is 233 Å². The van der Waals surface area contributed by atoms with Gasteiger partial charge < -0.3 is 4.90 Å². The number of benzene rings is 2. The van der Waals surface area contributed by atoms with E-state index in [4.69, 9.17) is 0 Å². The fourth-order valence-electron chi connectivity index (χ4n) is 3.74. The predicted molar refractivity (Wildman–Crippen MR) is 152 cm³/mol. The van der Waals surface area contributed by atoms with Crippen molar-refractivity contribution in [1.82, 2.24) is 14.2 Å². The molecule has 0 saturated carbocycles. The first-order valence-corrected chi connectivity index (χ1v) is 14.7. The van der Waals surface area contributed by atoms with Crippen LogP contribution < -0.4 is 4.90 Å². The van der Waals surface area contributed by atoms with Gasteiger partial charge in [0.2, 0.25) is 10.0 Å². The molecule has 3 aromatic rings. The number of unbranched alkanes of at least 4 members (excludes halogenated alkanes) is 2. The standard InChI is InChI=1S/C26H34F2N4O3S2.ClH/c1-5-7-13-31(14-8-6-2)37(34,35)21-11-9-19(10-12-21)25(33)32(16-15-30(3)4)26-29-24-22(28)17-20(27)18-23(24)36-26;/h9-12,17-18H,5-8,13-16H2,1-4H3;1H. The summed E-state index contributed by atoms with van der Waals surface area (Å²) in [7, 11) is 0.0255. The molecule has 0 N–H and O–H groups in total. The van der Waals surface area contributed by atoms with Gasteiger partial charge in [-0.25, -0.2) is 22.2 Å². The first kappa shape index (κ1) is 32.0. The van der Waals surface area contributed by atoms with Crippen LogP contribution in [0.15, 0.2) is 41.3 Å². The van der Waals surface area contributed by atoms with Crippen LogP contribution in [0.3, 0.4) is 0 Å². The van der Waals surface area contributed by atoms with Crippen LogP contribution >= 0.6 is 23.7 Å². The lowest BCUT2D eigenvalue weighted by Crippen LogP contribution is -2.37. The van der Waals surface area contributed by atoms with E-state index in [2.05, 4.69) is 4.98 Å². The third-order valence-electron chi connectivity index (χ3n) is 5.91. The molecule has 0 atom stereocenters. The molecule has 1 amide bonds. The molecule has 38 heavy (non-hydrogen) atoms. The van der Waals surface area contributed by atoms with E-state index >= 15 is 0 Å². The summed E-state index contributed by atoms with van der Waals surface area (Å²) in [6, 6.07) is 7.83. The smallest absolute Gasteiger partial charge is 0.260 e. The summed E-state index contributed by atoms with van der Waals surface area (Å²) in [6.45, 7) is 5.71. The molecule has 0 unspecified atom stereocenters. The second kappa shape index (κ2) is 14.3. The molecule has 1 aromatic heterocycles. The van der Waals surface area contributed by atoms with Crippen LogP contribution in [0.5, 0.6) is 0 Å². The number of amides is 1. The van der Waals surface area contributed by atoms with Crippen molar-refractivity contribution in [2.75, 3.05) is 45.2 Å². The summed E-state index contributed by atoms with van der Waals surface area (Å²) < 4.78 is 56.3. The lowest BCUT2D eigenvalue weighted by atomic mass is 10.2. The number of fused-ring (bicyclic) bond motifs is 1. The average molecular weight is 589 g/mol. The Morgan fingerprint density at radius 1 is 0.947 bits per heavy atom. The molecule has 0 bridgehead atoms. The number of halogens is 3. The fraction of sp³-hybridized carbons (Fsp3) is 0.462. The van der Waals surface area contributed by atoms with Crippen LogP contribution in [-0.2, 0) is 10.0 Å². The van der Waals surface area contributed by atoms with Crippen molar-refractivity contribution in [3.8, 4) is 0 Å². The normalized spacial score (nSPS) is 11.8. The van der Waals surface area contributed by atoms with E-state index < -0.39 is 27.6 Å². The fourth-order valence-corrected chi connectivity index (χ4v) is 6.29. The topological polar surface area (TPSA) is 73.8 Å². The second-order valence-corrected chi connectivity index (χ2v) is 12.1. The zero-order valence-corrected chi connectivity index (χ0v) is 24.6. The quantitative estimate of drug-likeness (QED) is 0.252. The molecule has 2 aromatic carbocycles. The van der Waals surface area contributed by atoms with Crippen LogP contribution in [0.2, 0.25) is 0 Å². The lowest BCUT2D eigenvalue weighted by molar-refractivity contribution is 0.0985. The number of carbonyl (C=O) groups excluding carboxylic acids is 1. The average Bonchev–Trinajstić information content (AvgIpc) is 3.28. The Hall–Kier alpha value is -2.18. The maximum absolute atomic E-state index is 14.3. The third kappa shape index (κ3) is 7.69. The largest absolute Gasteiger partial charge is 0.308 e. The Kier molecular flexibility index (Phi) is 12.0. The van der Waals surface area contributed by atoms with Crippen molar-refractivity contribution < 1.29 is 22.0 Å². The van der Waals surface area contributed by atoms with Gasteiger partial charge in [0.15, 0.2) is 10.9 Å². The maximum atomic E-state index is 14.3. The minimum absolute atomic E-state index is 0. The molecule has 0 spiro atoms. The van der Waals surface area contributed by atoms with E-state index in [0.717, 1.165) is 43.1 Å². The summed E-state index contributed by atoms with van der Waals surface area (Å²) >= 11 is 1.03. The monoisotopic (exact) mass is 588 g/mol. The van der Waals surface area contributed by atoms with Crippen LogP contribution in [-0.4, -0.2) is 68.8 Å². The highest BCUT2D eigenvalue weighted by Gasteiger charge is 2.26. The number of hydrogen-bond acceptors (Lipinski definition) is 6. The molecule has 0 aliphatic rings. The zero-order chi connectivity index (χ0) is 27.2. The number of carbonyl (C=O) groups is 1. The Balaban J connectivity index is 0.00000507. The van der Waals surface area contributed by atoms with Gasteiger partial charge >= 0.3 is 0 Å². The molecule has 0 aliphatic heterocycles. The van der Waals surface area contributed by atoms with Gasteiger partial charge in [0, 0.05) is 37.8 Å². The first-order valence-electron chi connectivity index (χ1n) is 12.4. The SMILES string of the molecule is CCCCN(CCCC)S(=O)(=O)c1ccc(C(=O)N(CCN(C)C)c2nc3c(F)cc(F)cc3s2)cc1.Cl. The van der Waals surface area contributed by atoms with Crippen molar-refractivity contribution in [2.24, 2.45) is 0 Å². The number of nitrogens with zero attached hydrogens (tertiary/aromatic N) is 4. The van der Waals surface area contributed by atoms with Crippen LogP contribution in [0, 0.1) is 11.6 Å². The van der Waals surface area contributed by atoms with E-state index in [-0.39, 0.29) is 40.1 Å². The van der Waals surface area contributed by atoms with Crippen molar-refractivity contribution in [3.63, 3.8) is 0 Å². The van der Waals surface area contributed by atoms with Gasteiger partial charge in [0.25, 0.3) is 5.91 Å². The van der Waals surface area contributed by atoms with Crippen LogP contribution in [0.1, 0.15) is 49.9 Å². The number of aromatic nitrogens is 1. The van der Waals surface area contributed by atoms with Crippen LogP contribution in [0.25, 0.3) is 10.2 Å². The number of thiazole rings is 1. The molecule has 3 rings (SSSR count). The van der Waals surface area contributed by atoms with E-state index in [1.165, 1.54) is 39.5 Å². The third-order valence-corrected chi connectivity index (χ3v) is 8.85. The summed E-state index contributed by atoms with van der Waals surface area (Å²) in [5.41, 5.74) is 0.280. The highest BCUT2D eigenvalue weighted by molar-refractivity contribution is 7.89. The second-order valence-electron chi connectivity index (χ2n) is 9.13. The van der Waals surface area contributed by atoms with Gasteiger partial charge in [-0.15, -0.1) is 12.4 Å². The molecular formula is C26H35ClF2N4O3S2. The summed E-state index contributed by atoms with van der Waals surface area (Å²) in [5.74, 6) is -1.91. The van der Waals surface area contributed by atoms with Crippen molar-refractivity contribution in [2.45, 2.75) is 44.4 Å². The highest BCUT2D eigenvalue weighted by Crippen LogP contribution is 2.32. The van der Waals surface area contributed by atoms with Gasteiger partial charge in [-0.2, -0.15) is 4.31 Å². The summed E-state index contributed by atoms with van der Waals surface area (Å²) in [6.07, 6.45) is 3.31. The number of hydrogen-bond donors (Lipinski definition) is 0. The van der Waals surface area contributed by atoms with Crippen molar-refractivity contribution >= 4 is 55.0 Å². The van der Waals surface area contributed by atoms with E-state index in [1.54, 1.807) is 0 Å². The van der Waals surface area contributed by atoms with Gasteiger partial charge in [0.05, 0.1) is 9.60 Å².